The maximum Gasteiger partial charge on any atom is 0.245 e. The number of benzene rings is 2. The standard InChI is InChI=1S/C59H84N16O12/c1-6-63-57(86)48-14-10-22-75(48)58(87)41(13-9-21-64-59(60)61)68-51(80)42(23-32(2)3)69-52(81)43(24-33(4)5)70-53(82)44(25-34-15-17-37(77)18-16-34)71-56(85)47(30-76)74-54(83)45(26-35-28-65-39-12-8-7-11-38(35)39)72-55(84)46(27-36-29-62-31-66-36)73-50(79)40-19-20-49(78)67-40/h7-8,11-12,15-18,28-29,31-33,36,40-48,65,76-77H,6,9-10,13-14,19-27,30H2,1-5H3,(H,63,86)(H,67,78)(H,68,80)(H,69,81)(H,70,82)(H,71,85)(H,72,84)(H,73,79)(H,74,83)(H4,60,61,64)/t36?,40-,41-,42-,43+,44-,45-,46-,47-,48-/m0/s1. The van der Waals surface area contributed by atoms with Gasteiger partial charge >= 0.3 is 0 Å². The van der Waals surface area contributed by atoms with Crippen molar-refractivity contribution in [1.29, 1.82) is 0 Å². The summed E-state index contributed by atoms with van der Waals surface area (Å²) in [5.74, 6) is -7.56. The van der Waals surface area contributed by atoms with Crippen molar-refractivity contribution in [2.75, 3.05) is 26.2 Å². The van der Waals surface area contributed by atoms with Gasteiger partial charge in [0.25, 0.3) is 0 Å². The number of nitrogens with zero attached hydrogens (tertiary/aromatic N) is 4. The first kappa shape index (κ1) is 67.2. The first-order chi connectivity index (χ1) is 41.5. The highest BCUT2D eigenvalue weighted by Gasteiger charge is 2.40. The maximum absolute atomic E-state index is 14.7. The number of rotatable bonds is 32. The van der Waals surface area contributed by atoms with Gasteiger partial charge in [-0.05, 0) is 93.0 Å². The summed E-state index contributed by atoms with van der Waals surface area (Å²) in [6, 6.07) is 0.958. The Morgan fingerprint density at radius 2 is 1.31 bits per heavy atom. The summed E-state index contributed by atoms with van der Waals surface area (Å²) in [7, 11) is 0. The van der Waals surface area contributed by atoms with Crippen LogP contribution >= 0.6 is 0 Å². The van der Waals surface area contributed by atoms with Gasteiger partial charge in [-0.15, -0.1) is 0 Å². The molecule has 10 atom stereocenters. The summed E-state index contributed by atoms with van der Waals surface area (Å²) in [4.78, 5) is 156. The van der Waals surface area contributed by atoms with Gasteiger partial charge in [-0.25, -0.2) is 4.99 Å². The van der Waals surface area contributed by atoms with E-state index in [4.69, 9.17) is 11.5 Å². The van der Waals surface area contributed by atoms with Crippen molar-refractivity contribution in [3.63, 3.8) is 0 Å². The van der Waals surface area contributed by atoms with Crippen LogP contribution in [0, 0.1) is 11.8 Å². The minimum Gasteiger partial charge on any atom is -0.508 e. The minimum atomic E-state index is -1.75. The quantitative estimate of drug-likeness (QED) is 0.0192. The van der Waals surface area contributed by atoms with Crippen LogP contribution in [0.5, 0.6) is 5.75 Å². The van der Waals surface area contributed by atoms with E-state index in [2.05, 4.69) is 67.8 Å². The summed E-state index contributed by atoms with van der Waals surface area (Å²) in [5, 5.41) is 45.9. The number of hydrogen-bond acceptors (Lipinski definition) is 15. The number of aromatic hydroxyl groups is 1. The molecule has 10 amide bonds. The fourth-order valence-electron chi connectivity index (χ4n) is 10.6. The lowest BCUT2D eigenvalue weighted by Gasteiger charge is -2.31. The molecule has 6 rings (SSSR count). The van der Waals surface area contributed by atoms with Crippen LogP contribution < -0.4 is 59.3 Å². The number of amides is 10. The van der Waals surface area contributed by atoms with E-state index in [1.54, 1.807) is 45.2 Å². The van der Waals surface area contributed by atoms with Gasteiger partial charge in [0.1, 0.15) is 66.5 Å². The van der Waals surface area contributed by atoms with Crippen molar-refractivity contribution >= 4 is 88.5 Å². The Morgan fingerprint density at radius 1 is 0.724 bits per heavy atom. The highest BCUT2D eigenvalue weighted by atomic mass is 16.3. The number of guanidine groups is 1. The first-order valence-corrected chi connectivity index (χ1v) is 29.6. The summed E-state index contributed by atoms with van der Waals surface area (Å²) >= 11 is 0. The number of likely N-dealkylation sites (tertiary alicyclic amines) is 1. The summed E-state index contributed by atoms with van der Waals surface area (Å²) in [5.41, 5.74) is 12.8. The van der Waals surface area contributed by atoms with Gasteiger partial charge in [0.2, 0.25) is 59.1 Å². The molecule has 2 aromatic carbocycles. The molecule has 0 radical (unpaired) electrons. The number of nitrogens with two attached hydrogens (primary N) is 2. The molecule has 16 N–H and O–H groups in total. The fourth-order valence-corrected chi connectivity index (χ4v) is 10.6. The molecule has 3 aliphatic heterocycles. The van der Waals surface area contributed by atoms with Gasteiger partial charge in [-0.1, -0.05) is 58.0 Å². The molecule has 0 aliphatic carbocycles. The van der Waals surface area contributed by atoms with Crippen LogP contribution in [-0.4, -0.2) is 184 Å². The Bertz CT molecular complexity index is 3000. The molecule has 87 heavy (non-hydrogen) atoms. The Kier molecular flexibility index (Phi) is 25.1. The number of aliphatic imine (C=N–C) groups is 3. The molecule has 0 bridgehead atoms. The number of phenolic OH excluding ortho intramolecular Hbond substituents is 1. The third-order valence-electron chi connectivity index (χ3n) is 15.0. The van der Waals surface area contributed by atoms with E-state index in [0.717, 1.165) is 5.52 Å². The number of fused-ring (bicyclic) bond motifs is 1. The Morgan fingerprint density at radius 3 is 1.90 bits per heavy atom. The number of likely N-dealkylation sites (N-methyl/N-ethyl adjacent to an activating group) is 1. The number of nitrogens with one attached hydrogen (secondary N) is 10. The van der Waals surface area contributed by atoms with E-state index in [9.17, 15) is 58.2 Å². The molecular formula is C59H84N16O12. The number of aromatic amines is 1. The van der Waals surface area contributed by atoms with Gasteiger partial charge in [0, 0.05) is 68.6 Å². The third kappa shape index (κ3) is 20.1. The van der Waals surface area contributed by atoms with Crippen molar-refractivity contribution in [2.45, 2.75) is 166 Å². The van der Waals surface area contributed by atoms with Gasteiger partial charge in [0.05, 0.1) is 12.6 Å². The van der Waals surface area contributed by atoms with Gasteiger partial charge in [-0.2, -0.15) is 0 Å². The van der Waals surface area contributed by atoms with Crippen LogP contribution in [0.3, 0.4) is 0 Å². The average Bonchev–Trinajstić information content (AvgIpc) is 2.39. The number of H-pyrrole nitrogens is 1. The summed E-state index contributed by atoms with van der Waals surface area (Å²) in [6.45, 7) is 8.82. The Balaban J connectivity index is 1.22. The number of para-hydroxylation sites is 1. The van der Waals surface area contributed by atoms with Crippen molar-refractivity contribution in [3.05, 3.63) is 65.9 Å². The van der Waals surface area contributed by atoms with E-state index in [1.807, 2.05) is 19.9 Å². The van der Waals surface area contributed by atoms with Crippen LogP contribution in [0.25, 0.3) is 10.9 Å². The predicted molar refractivity (Wildman–Crippen MR) is 323 cm³/mol. The normalized spacial score (nSPS) is 18.6. The zero-order valence-electron chi connectivity index (χ0n) is 49.8. The highest BCUT2D eigenvalue weighted by molar-refractivity contribution is 6.00. The van der Waals surface area contributed by atoms with Crippen LogP contribution in [0.2, 0.25) is 0 Å². The van der Waals surface area contributed by atoms with Crippen LogP contribution in [0.15, 0.2) is 69.7 Å². The molecule has 472 valence electrons. The molecule has 28 heteroatoms. The van der Waals surface area contributed by atoms with Gasteiger partial charge in [0.15, 0.2) is 5.96 Å². The van der Waals surface area contributed by atoms with Gasteiger partial charge in [-0.3, -0.25) is 57.9 Å². The number of carbonyl (C=O) groups is 10. The van der Waals surface area contributed by atoms with E-state index >= 15 is 0 Å². The van der Waals surface area contributed by atoms with Crippen molar-refractivity contribution in [2.24, 2.45) is 38.3 Å². The molecule has 2 fully saturated rings. The van der Waals surface area contributed by atoms with E-state index < -0.39 is 114 Å². The third-order valence-corrected chi connectivity index (χ3v) is 15.0. The molecular weight excluding hydrogens is 1120 g/mol. The van der Waals surface area contributed by atoms with Crippen molar-refractivity contribution in [3.8, 4) is 5.75 Å². The topological polar surface area (TPSA) is 428 Å². The Hall–Kier alpha value is -8.95. The molecule has 0 spiro atoms. The fraction of sp³-hybridized carbons (Fsp3) is 0.542. The second-order valence-electron chi connectivity index (χ2n) is 22.9. The molecule has 28 nitrogen and oxygen atoms in total. The highest BCUT2D eigenvalue weighted by Crippen LogP contribution is 2.23. The van der Waals surface area contributed by atoms with Crippen molar-refractivity contribution in [1.82, 2.24) is 57.7 Å². The van der Waals surface area contributed by atoms with Crippen LogP contribution in [-0.2, 0) is 60.8 Å². The van der Waals surface area contributed by atoms with Crippen molar-refractivity contribution < 1.29 is 58.2 Å². The molecule has 4 heterocycles. The predicted octanol–water partition coefficient (Wildman–Crippen LogP) is -1.53. The lowest BCUT2D eigenvalue weighted by Crippen LogP contribution is -2.61. The number of aromatic nitrogens is 1. The largest absolute Gasteiger partial charge is 0.508 e. The first-order valence-electron chi connectivity index (χ1n) is 29.6. The number of aliphatic hydroxyl groups excluding tert-OH is 1. The van der Waals surface area contributed by atoms with E-state index in [0.29, 0.717) is 35.9 Å². The molecule has 2 saturated heterocycles. The van der Waals surface area contributed by atoms with Crippen LogP contribution in [0.1, 0.15) is 104 Å². The lowest BCUT2D eigenvalue weighted by molar-refractivity contribution is -0.142. The average molecular weight is 1210 g/mol. The number of hydrogen-bond donors (Lipinski definition) is 14. The van der Waals surface area contributed by atoms with E-state index in [-0.39, 0.29) is 106 Å². The second kappa shape index (κ2) is 32.5. The Labute approximate surface area is 504 Å². The molecule has 3 aromatic rings. The molecule has 1 aromatic heterocycles. The smallest absolute Gasteiger partial charge is 0.245 e. The molecule has 3 aliphatic rings. The maximum atomic E-state index is 14.7. The monoisotopic (exact) mass is 1210 g/mol. The van der Waals surface area contributed by atoms with Crippen LogP contribution in [0.4, 0.5) is 0 Å². The number of carbonyl (C=O) groups excluding carboxylic acids is 10. The summed E-state index contributed by atoms with van der Waals surface area (Å²) in [6.07, 6.45) is 5.77. The number of phenols is 1. The minimum absolute atomic E-state index is 0.0392. The number of aliphatic hydroxyl groups is 1. The second-order valence-corrected chi connectivity index (χ2v) is 22.9. The van der Waals surface area contributed by atoms with E-state index in [1.165, 1.54) is 41.7 Å². The SMILES string of the molecule is CCNC(=O)[C@@H]1CCCN1C(=O)[C@H](CCCN=C(N)N)NC(=O)[C@H](CC(C)C)NC(=O)[C@@H](CC(C)C)NC(=O)[C@H](Cc1ccc(O)cc1)NC(=O)[C@H](CO)NC(=O)[C@H](Cc1c[nH]c2ccccc12)NC(=O)[C@H](CC1C=NC=N1)NC(=O)[C@@H]1CCC(=O)N1. The summed E-state index contributed by atoms with van der Waals surface area (Å²) < 4.78 is 0. The molecule has 1 unspecified atom stereocenters. The van der Waals surface area contributed by atoms with Gasteiger partial charge < -0.3 is 79.4 Å². The lowest BCUT2D eigenvalue weighted by atomic mass is 9.98. The zero-order chi connectivity index (χ0) is 63.3. The molecule has 0 saturated carbocycles. The zero-order valence-corrected chi connectivity index (χ0v) is 49.8.